The summed E-state index contributed by atoms with van der Waals surface area (Å²) in [6.07, 6.45) is 1.81. The first-order valence-corrected chi connectivity index (χ1v) is 9.15. The average Bonchev–Trinajstić information content (AvgIpc) is 3.12. The predicted molar refractivity (Wildman–Crippen MR) is 103 cm³/mol. The molecule has 1 N–H and O–H groups in total. The van der Waals surface area contributed by atoms with E-state index in [0.717, 1.165) is 28.6 Å². The normalized spacial score (nSPS) is 13.1. The van der Waals surface area contributed by atoms with Gasteiger partial charge in [0.1, 0.15) is 0 Å². The molecule has 0 saturated heterocycles. The minimum absolute atomic E-state index is 0.0932. The molecule has 1 heterocycles. The summed E-state index contributed by atoms with van der Waals surface area (Å²) in [6, 6.07) is 8.99. The van der Waals surface area contributed by atoms with Crippen molar-refractivity contribution in [2.24, 2.45) is 0 Å². The van der Waals surface area contributed by atoms with Gasteiger partial charge in [-0.05, 0) is 35.8 Å². The molecule has 4 nitrogen and oxygen atoms in total. The first kappa shape index (κ1) is 16.1. The van der Waals surface area contributed by atoms with Crippen LogP contribution in [0.1, 0.15) is 45.7 Å². The van der Waals surface area contributed by atoms with Gasteiger partial charge in [-0.25, -0.2) is 0 Å². The molecule has 0 spiro atoms. The lowest BCUT2D eigenvalue weighted by atomic mass is 9.82. The molecular formula is C20H17BrN2O2. The van der Waals surface area contributed by atoms with Crippen LogP contribution in [0.5, 0.6) is 0 Å². The number of anilines is 1. The van der Waals surface area contributed by atoms with Crippen molar-refractivity contribution in [1.82, 2.24) is 4.98 Å². The van der Waals surface area contributed by atoms with E-state index in [9.17, 15) is 9.59 Å². The molecule has 0 amide bonds. The summed E-state index contributed by atoms with van der Waals surface area (Å²) in [7, 11) is 0. The summed E-state index contributed by atoms with van der Waals surface area (Å²) in [5.41, 5.74) is 3.45. The smallest absolute Gasteiger partial charge is 0.196 e. The Morgan fingerprint density at radius 1 is 0.960 bits per heavy atom. The first-order valence-electron chi connectivity index (χ1n) is 8.36. The quantitative estimate of drug-likeness (QED) is 0.552. The van der Waals surface area contributed by atoms with Crippen molar-refractivity contribution >= 4 is 44.1 Å². The molecule has 0 unspecified atom stereocenters. The maximum absolute atomic E-state index is 13.3. The van der Waals surface area contributed by atoms with Crippen molar-refractivity contribution in [2.75, 3.05) is 18.0 Å². The molecule has 1 aromatic heterocycles. The Labute approximate surface area is 154 Å². The minimum Gasteiger partial charge on any atom is -0.371 e. The Morgan fingerprint density at radius 2 is 1.56 bits per heavy atom. The SMILES string of the molecule is CCN(CC)c1c2c(c3[nH]ccc3c1Br)C(=O)c1ccccc1C2=O. The zero-order valence-electron chi connectivity index (χ0n) is 14.0. The Bertz CT molecular complexity index is 1030. The third-order valence-corrected chi connectivity index (χ3v) is 5.68. The van der Waals surface area contributed by atoms with Crippen LogP contribution < -0.4 is 4.90 Å². The molecule has 0 atom stereocenters. The monoisotopic (exact) mass is 396 g/mol. The van der Waals surface area contributed by atoms with Crippen LogP contribution in [0.15, 0.2) is 41.0 Å². The van der Waals surface area contributed by atoms with Gasteiger partial charge in [0.25, 0.3) is 0 Å². The van der Waals surface area contributed by atoms with Crippen LogP contribution in [0.2, 0.25) is 0 Å². The summed E-state index contributed by atoms with van der Waals surface area (Å²) in [5.74, 6) is -0.192. The van der Waals surface area contributed by atoms with Gasteiger partial charge in [0.2, 0.25) is 0 Å². The van der Waals surface area contributed by atoms with Gasteiger partial charge in [-0.1, -0.05) is 24.3 Å². The van der Waals surface area contributed by atoms with Gasteiger partial charge in [-0.3, -0.25) is 9.59 Å². The Kier molecular flexibility index (Phi) is 3.76. The molecule has 25 heavy (non-hydrogen) atoms. The van der Waals surface area contributed by atoms with Gasteiger partial charge < -0.3 is 9.88 Å². The van der Waals surface area contributed by atoms with Crippen LogP contribution in [0, 0.1) is 0 Å². The number of ketones is 2. The van der Waals surface area contributed by atoms with Gasteiger partial charge in [-0.15, -0.1) is 0 Å². The number of halogens is 1. The number of hydrogen-bond acceptors (Lipinski definition) is 3. The highest BCUT2D eigenvalue weighted by atomic mass is 79.9. The number of hydrogen-bond donors (Lipinski definition) is 1. The molecule has 3 aromatic rings. The molecule has 0 radical (unpaired) electrons. The number of benzene rings is 2. The second-order valence-corrected chi connectivity index (χ2v) is 6.85. The summed E-state index contributed by atoms with van der Waals surface area (Å²) < 4.78 is 0.853. The average molecular weight is 397 g/mol. The zero-order valence-corrected chi connectivity index (χ0v) is 15.6. The summed E-state index contributed by atoms with van der Waals surface area (Å²) >= 11 is 3.68. The molecule has 2 aromatic carbocycles. The number of nitrogens with zero attached hydrogens (tertiary/aromatic N) is 1. The van der Waals surface area contributed by atoms with E-state index in [4.69, 9.17) is 0 Å². The van der Waals surface area contributed by atoms with Crippen LogP contribution in [0.3, 0.4) is 0 Å². The number of carbonyl (C=O) groups excluding carboxylic acids is 2. The maximum Gasteiger partial charge on any atom is 0.196 e. The molecule has 1 aliphatic carbocycles. The predicted octanol–water partition coefficient (Wildman–Crippen LogP) is 4.55. The molecule has 4 rings (SSSR count). The fraction of sp³-hybridized carbons (Fsp3) is 0.200. The van der Waals surface area contributed by atoms with Crippen molar-refractivity contribution < 1.29 is 9.59 Å². The highest BCUT2D eigenvalue weighted by molar-refractivity contribution is 9.10. The Balaban J connectivity index is 2.17. The molecule has 126 valence electrons. The minimum atomic E-state index is -0.0986. The van der Waals surface area contributed by atoms with Crippen molar-refractivity contribution in [3.63, 3.8) is 0 Å². The van der Waals surface area contributed by atoms with E-state index in [-0.39, 0.29) is 11.6 Å². The standard InChI is InChI=1S/C20H17BrN2O2/c1-3-23(4-2)18-15-14(17-13(16(18)21)9-10-22-17)19(24)11-7-5-6-8-12(11)20(15)25/h5-10,22H,3-4H2,1-2H3. The number of carbonyl (C=O) groups is 2. The third-order valence-electron chi connectivity index (χ3n) is 4.88. The van der Waals surface area contributed by atoms with E-state index in [0.29, 0.717) is 27.8 Å². The second-order valence-electron chi connectivity index (χ2n) is 6.06. The van der Waals surface area contributed by atoms with Crippen molar-refractivity contribution in [3.8, 4) is 0 Å². The summed E-state index contributed by atoms with van der Waals surface area (Å²) in [6.45, 7) is 5.60. The molecule has 0 aliphatic heterocycles. The lowest BCUT2D eigenvalue weighted by molar-refractivity contribution is 0.0980. The lowest BCUT2D eigenvalue weighted by Crippen LogP contribution is -2.29. The van der Waals surface area contributed by atoms with Gasteiger partial charge in [-0.2, -0.15) is 0 Å². The summed E-state index contributed by atoms with van der Waals surface area (Å²) in [5, 5.41) is 0.918. The number of aromatic amines is 1. The first-order chi connectivity index (χ1) is 12.1. The van der Waals surface area contributed by atoms with Crippen molar-refractivity contribution in [3.05, 3.63) is 63.3 Å². The van der Waals surface area contributed by atoms with E-state index in [2.05, 4.69) is 25.8 Å². The highest BCUT2D eigenvalue weighted by Gasteiger charge is 2.36. The Hall–Kier alpha value is -2.40. The number of rotatable bonds is 3. The van der Waals surface area contributed by atoms with Gasteiger partial charge >= 0.3 is 0 Å². The Morgan fingerprint density at radius 3 is 2.16 bits per heavy atom. The van der Waals surface area contributed by atoms with Crippen molar-refractivity contribution in [2.45, 2.75) is 13.8 Å². The van der Waals surface area contributed by atoms with Crippen LogP contribution in [-0.4, -0.2) is 29.6 Å². The second kappa shape index (κ2) is 5.85. The largest absolute Gasteiger partial charge is 0.371 e. The van der Waals surface area contributed by atoms with Crippen LogP contribution in [-0.2, 0) is 0 Å². The fourth-order valence-corrected chi connectivity index (χ4v) is 4.45. The van der Waals surface area contributed by atoms with Gasteiger partial charge in [0, 0.05) is 35.8 Å². The van der Waals surface area contributed by atoms with E-state index in [1.165, 1.54) is 0 Å². The third kappa shape index (κ3) is 2.12. The number of nitrogens with one attached hydrogen (secondary N) is 1. The van der Waals surface area contributed by atoms with Crippen LogP contribution in [0.4, 0.5) is 5.69 Å². The zero-order chi connectivity index (χ0) is 17.7. The lowest BCUT2D eigenvalue weighted by Gasteiger charge is -2.29. The maximum atomic E-state index is 13.3. The van der Waals surface area contributed by atoms with E-state index >= 15 is 0 Å². The number of aromatic nitrogens is 1. The molecular weight excluding hydrogens is 380 g/mol. The van der Waals surface area contributed by atoms with E-state index in [1.807, 2.05) is 19.9 Å². The number of fused-ring (bicyclic) bond motifs is 4. The number of H-pyrrole nitrogens is 1. The van der Waals surface area contributed by atoms with Crippen LogP contribution in [0.25, 0.3) is 10.9 Å². The molecule has 0 saturated carbocycles. The van der Waals surface area contributed by atoms with Crippen LogP contribution >= 0.6 is 15.9 Å². The molecule has 0 fully saturated rings. The van der Waals surface area contributed by atoms with Gasteiger partial charge in [0.05, 0.1) is 26.8 Å². The fourth-order valence-electron chi connectivity index (χ4n) is 3.67. The summed E-state index contributed by atoms with van der Waals surface area (Å²) in [4.78, 5) is 31.8. The van der Waals surface area contributed by atoms with Gasteiger partial charge in [0.15, 0.2) is 11.6 Å². The van der Waals surface area contributed by atoms with E-state index < -0.39 is 0 Å². The highest BCUT2D eigenvalue weighted by Crippen LogP contribution is 2.44. The molecule has 0 bridgehead atoms. The van der Waals surface area contributed by atoms with Crippen molar-refractivity contribution in [1.29, 1.82) is 0 Å². The van der Waals surface area contributed by atoms with E-state index in [1.54, 1.807) is 30.5 Å². The topological polar surface area (TPSA) is 53.2 Å². The molecule has 5 heteroatoms. The molecule has 1 aliphatic rings.